The van der Waals surface area contributed by atoms with Crippen LogP contribution in [-0.4, -0.2) is 58.8 Å². The quantitative estimate of drug-likeness (QED) is 0.0311. The Morgan fingerprint density at radius 1 is 0.574 bits per heavy atom. The summed E-state index contributed by atoms with van der Waals surface area (Å²) in [6.07, 6.45) is 18.2. The predicted octanol–water partition coefficient (Wildman–Crippen LogP) is 9.85. The maximum absolute atomic E-state index is 12.4. The molecule has 15 heteroatoms. The summed E-state index contributed by atoms with van der Waals surface area (Å²) in [5.74, 6) is -4.11. The number of carbonyl (C=O) groups is 5. The van der Waals surface area contributed by atoms with E-state index in [9.17, 15) is 34.2 Å². The molecule has 2 aliphatic rings. The summed E-state index contributed by atoms with van der Waals surface area (Å²) in [7, 11) is 10.4. The van der Waals surface area contributed by atoms with E-state index in [1.54, 1.807) is 43.2 Å². The number of nitrogens with one attached hydrogen (secondary N) is 1. The highest BCUT2D eigenvalue weighted by molar-refractivity contribution is 9.14. The van der Waals surface area contributed by atoms with Gasteiger partial charge in [-0.05, 0) is 53.7 Å². The third kappa shape index (κ3) is 20.8. The molecular formula is C32H53NO8S6. The molecule has 1 spiro atoms. The van der Waals surface area contributed by atoms with Crippen LogP contribution < -0.4 is 5.32 Å². The monoisotopic (exact) mass is 771 g/mol. The highest BCUT2D eigenvalue weighted by Crippen LogP contribution is 2.84. The van der Waals surface area contributed by atoms with Gasteiger partial charge in [0.15, 0.2) is 2.74 Å². The van der Waals surface area contributed by atoms with Gasteiger partial charge >= 0.3 is 17.9 Å². The predicted molar refractivity (Wildman–Crippen MR) is 202 cm³/mol. The fraction of sp³-hybridized carbons (Fsp3) is 0.844. The average molecular weight is 772 g/mol. The summed E-state index contributed by atoms with van der Waals surface area (Å²) in [6.45, 7) is 0.422. The van der Waals surface area contributed by atoms with Crippen molar-refractivity contribution in [2.24, 2.45) is 11.8 Å². The maximum Gasteiger partial charge on any atom is 0.308 e. The first kappa shape index (κ1) is 42.8. The van der Waals surface area contributed by atoms with E-state index in [2.05, 4.69) is 5.32 Å². The topological polar surface area (TPSA) is 158 Å². The molecule has 2 heterocycles. The highest BCUT2D eigenvalue weighted by atomic mass is 33.2. The molecule has 0 saturated carbocycles. The SMILES string of the molecule is O=C(O)CCCCCCCCCCCCCCCCC(=O)C[C@@H](CCC(=O)NCCCC[C@@H](C(=O)O)C1SSC2(SS1)SS2)C(=O)O. The van der Waals surface area contributed by atoms with Crippen molar-refractivity contribution in [3.63, 3.8) is 0 Å². The lowest BCUT2D eigenvalue weighted by Gasteiger charge is -2.27. The summed E-state index contributed by atoms with van der Waals surface area (Å²) >= 11 is 0. The van der Waals surface area contributed by atoms with Crippen molar-refractivity contribution >= 4 is 94.4 Å². The van der Waals surface area contributed by atoms with E-state index in [1.807, 2.05) is 21.6 Å². The van der Waals surface area contributed by atoms with Crippen molar-refractivity contribution in [2.75, 3.05) is 6.54 Å². The largest absolute Gasteiger partial charge is 0.481 e. The number of unbranched alkanes of at least 4 members (excludes halogenated alkanes) is 14. The van der Waals surface area contributed by atoms with E-state index >= 15 is 0 Å². The number of carbonyl (C=O) groups excluding carboxylic acids is 2. The number of rotatable bonds is 30. The third-order valence-electron chi connectivity index (χ3n) is 8.26. The molecule has 0 unspecified atom stereocenters. The minimum Gasteiger partial charge on any atom is -0.481 e. The number of Topliss-reactive ketones (excluding diaryl/α,β-unsaturated/α-hetero) is 1. The van der Waals surface area contributed by atoms with Crippen LogP contribution in [0.25, 0.3) is 0 Å². The fourth-order valence-electron chi connectivity index (χ4n) is 5.36. The van der Waals surface area contributed by atoms with Crippen LogP contribution in [0.5, 0.6) is 0 Å². The molecule has 0 aromatic rings. The average Bonchev–Trinajstić information content (AvgIpc) is 3.79. The van der Waals surface area contributed by atoms with Crippen LogP contribution in [0.1, 0.15) is 141 Å². The lowest BCUT2D eigenvalue weighted by molar-refractivity contribution is -0.144. The van der Waals surface area contributed by atoms with Gasteiger partial charge in [-0.1, -0.05) is 127 Å². The number of hydrogen-bond donors (Lipinski definition) is 4. The normalized spacial score (nSPS) is 16.9. The molecule has 2 saturated heterocycles. The Morgan fingerprint density at radius 3 is 1.55 bits per heavy atom. The minimum atomic E-state index is -1.04. The van der Waals surface area contributed by atoms with Gasteiger partial charge < -0.3 is 20.6 Å². The molecule has 0 aromatic carbocycles. The van der Waals surface area contributed by atoms with Gasteiger partial charge in [0, 0.05) is 32.2 Å². The van der Waals surface area contributed by atoms with Crippen molar-refractivity contribution < 1.29 is 39.3 Å². The Hall–Kier alpha value is -0.350. The Labute approximate surface area is 304 Å². The van der Waals surface area contributed by atoms with E-state index in [1.165, 1.54) is 44.9 Å². The van der Waals surface area contributed by atoms with Crippen molar-refractivity contribution in [2.45, 2.75) is 149 Å². The third-order valence-corrected chi connectivity index (χ3v) is 22.1. The van der Waals surface area contributed by atoms with E-state index in [0.717, 1.165) is 44.9 Å². The zero-order chi connectivity index (χ0) is 34.3. The number of aliphatic carboxylic acids is 3. The number of hydrogen-bond acceptors (Lipinski definition) is 11. The molecule has 0 radical (unpaired) electrons. The molecule has 2 fully saturated rings. The van der Waals surface area contributed by atoms with Crippen molar-refractivity contribution in [3.05, 3.63) is 0 Å². The first-order valence-corrected chi connectivity index (χ1v) is 23.7. The molecule has 0 bridgehead atoms. The molecule has 2 atom stereocenters. The van der Waals surface area contributed by atoms with Gasteiger partial charge in [0.2, 0.25) is 5.91 Å². The highest BCUT2D eigenvalue weighted by Gasteiger charge is 2.53. The number of ketones is 1. The number of carboxylic acids is 3. The molecule has 2 aliphatic heterocycles. The summed E-state index contributed by atoms with van der Waals surface area (Å²) in [6, 6.07) is 0. The molecule has 0 aromatic heterocycles. The molecule has 2 rings (SSSR count). The van der Waals surface area contributed by atoms with Crippen LogP contribution in [0, 0.1) is 11.8 Å². The van der Waals surface area contributed by atoms with Gasteiger partial charge in [0.05, 0.1) is 16.4 Å². The van der Waals surface area contributed by atoms with E-state index in [4.69, 9.17) is 5.11 Å². The first-order valence-electron chi connectivity index (χ1n) is 17.1. The molecule has 0 aliphatic carbocycles. The molecule has 9 nitrogen and oxygen atoms in total. The Kier molecular flexibility index (Phi) is 23.3. The minimum absolute atomic E-state index is 0.00169. The van der Waals surface area contributed by atoms with E-state index < -0.39 is 29.7 Å². The lowest BCUT2D eigenvalue weighted by Crippen LogP contribution is -2.27. The molecule has 47 heavy (non-hydrogen) atoms. The van der Waals surface area contributed by atoms with Crippen LogP contribution in [-0.2, 0) is 24.0 Å². The summed E-state index contributed by atoms with van der Waals surface area (Å²) in [5, 5.41) is 30.7. The maximum atomic E-state index is 12.4. The zero-order valence-corrected chi connectivity index (χ0v) is 32.2. The lowest BCUT2D eigenvalue weighted by atomic mass is 9.94. The fourth-order valence-corrected chi connectivity index (χ4v) is 19.2. The van der Waals surface area contributed by atoms with Crippen molar-refractivity contribution in [1.29, 1.82) is 0 Å². The van der Waals surface area contributed by atoms with Gasteiger partial charge in [0.25, 0.3) is 0 Å². The van der Waals surface area contributed by atoms with Crippen LogP contribution in [0.3, 0.4) is 0 Å². The van der Waals surface area contributed by atoms with Crippen LogP contribution in [0.2, 0.25) is 0 Å². The van der Waals surface area contributed by atoms with Gasteiger partial charge in [-0.3, -0.25) is 24.0 Å². The molecule has 1 amide bonds. The van der Waals surface area contributed by atoms with Gasteiger partial charge in [0.1, 0.15) is 5.78 Å². The zero-order valence-electron chi connectivity index (χ0n) is 27.3. The molecule has 4 N–H and O–H groups in total. The summed E-state index contributed by atoms with van der Waals surface area (Å²) < 4.78 is 0.140. The van der Waals surface area contributed by atoms with E-state index in [0.29, 0.717) is 32.2 Å². The Balaban J connectivity index is 1.42. The van der Waals surface area contributed by atoms with E-state index in [-0.39, 0.29) is 44.7 Å². The van der Waals surface area contributed by atoms with Crippen LogP contribution >= 0.6 is 64.8 Å². The molecular weight excluding hydrogens is 719 g/mol. The standard InChI is InChI=1S/C32H53NO8S6/c34-25(17-13-11-9-7-5-3-1-2-4-6-8-10-12-14-19-28(36)37)23-24(29(38)39)20-21-27(35)33-22-16-15-18-26(30(40)41)31-42-44-32(45-43-31)46-47-32/h24,26,31H,1-23H2,(H,33,35)(H,36,37)(H,38,39)(H,40,41)/t24-,26+/m1/s1. The van der Waals surface area contributed by atoms with Crippen LogP contribution in [0.4, 0.5) is 0 Å². The van der Waals surface area contributed by atoms with Gasteiger partial charge in [-0.25, -0.2) is 0 Å². The van der Waals surface area contributed by atoms with Crippen molar-refractivity contribution in [3.8, 4) is 0 Å². The molecule has 270 valence electrons. The summed E-state index contributed by atoms with van der Waals surface area (Å²) in [5.41, 5.74) is 0. The van der Waals surface area contributed by atoms with Gasteiger partial charge in [-0.15, -0.1) is 0 Å². The Morgan fingerprint density at radius 2 is 1.09 bits per heavy atom. The number of carboxylic acid groups (broad SMARTS) is 3. The summed E-state index contributed by atoms with van der Waals surface area (Å²) in [4.78, 5) is 58.7. The smallest absolute Gasteiger partial charge is 0.308 e. The number of amides is 1. The second-order valence-corrected chi connectivity index (χ2v) is 21.9. The second-order valence-electron chi connectivity index (χ2n) is 12.3. The van der Waals surface area contributed by atoms with Crippen molar-refractivity contribution in [1.82, 2.24) is 5.32 Å². The second kappa shape index (κ2) is 25.6. The first-order chi connectivity index (χ1) is 22.6. The van der Waals surface area contributed by atoms with Gasteiger partial charge in [-0.2, -0.15) is 0 Å². The van der Waals surface area contributed by atoms with Crippen LogP contribution in [0.15, 0.2) is 0 Å². The Bertz CT molecular complexity index is 960.